The van der Waals surface area contributed by atoms with Crippen LogP contribution in [0.15, 0.2) is 0 Å². The minimum Gasteiger partial charge on any atom is -0.354 e. The first kappa shape index (κ1) is 10.1. The lowest BCUT2D eigenvalue weighted by atomic mass is 10.1. The van der Waals surface area contributed by atoms with Gasteiger partial charge in [0, 0.05) is 13.0 Å². The first-order valence-electron chi connectivity index (χ1n) is 4.54. The fraction of sp³-hybridized carbons (Fsp3) is 0.700. The smallest absolute Gasteiger partial charge is 0.237 e. The highest BCUT2D eigenvalue weighted by atomic mass is 16.2. The molecule has 1 unspecified atom stereocenters. The van der Waals surface area contributed by atoms with Gasteiger partial charge in [0.25, 0.3) is 0 Å². The summed E-state index contributed by atoms with van der Waals surface area (Å²) in [6.45, 7) is 2.88. The van der Waals surface area contributed by atoms with Crippen LogP contribution in [0, 0.1) is 17.8 Å². The molecular weight excluding hydrogens is 164 g/mol. The summed E-state index contributed by atoms with van der Waals surface area (Å²) >= 11 is 0. The normalized spacial score (nSPS) is 20.1. The van der Waals surface area contributed by atoms with E-state index in [0.717, 1.165) is 6.54 Å². The summed E-state index contributed by atoms with van der Waals surface area (Å²) in [7, 11) is 0. The second kappa shape index (κ2) is 3.80. The summed E-state index contributed by atoms with van der Waals surface area (Å²) in [5.41, 5.74) is 5.85. The molecule has 72 valence electrons. The monoisotopic (exact) mass is 180 g/mol. The molecule has 1 atom stereocenters. The van der Waals surface area contributed by atoms with Crippen molar-refractivity contribution in [2.24, 2.45) is 11.1 Å². The number of hydrogen-bond donors (Lipinski definition) is 2. The van der Waals surface area contributed by atoms with Gasteiger partial charge in [-0.15, -0.1) is 12.3 Å². The lowest BCUT2D eigenvalue weighted by Crippen LogP contribution is -2.42. The highest BCUT2D eigenvalue weighted by Crippen LogP contribution is 2.43. The Morgan fingerprint density at radius 1 is 1.77 bits per heavy atom. The van der Waals surface area contributed by atoms with Gasteiger partial charge in [-0.1, -0.05) is 6.92 Å². The van der Waals surface area contributed by atoms with Crippen LogP contribution in [0.1, 0.15) is 26.2 Å². The quantitative estimate of drug-likeness (QED) is 0.609. The number of terminal acetylenes is 1. The molecule has 0 heterocycles. The molecule has 0 saturated heterocycles. The van der Waals surface area contributed by atoms with E-state index in [1.54, 1.807) is 0 Å². The van der Waals surface area contributed by atoms with Crippen molar-refractivity contribution in [2.45, 2.75) is 32.2 Å². The third-order valence-electron chi connectivity index (χ3n) is 2.47. The van der Waals surface area contributed by atoms with E-state index in [1.165, 1.54) is 12.8 Å². The molecule has 13 heavy (non-hydrogen) atoms. The van der Waals surface area contributed by atoms with Gasteiger partial charge in [-0.25, -0.2) is 0 Å². The van der Waals surface area contributed by atoms with E-state index in [-0.39, 0.29) is 5.91 Å². The Morgan fingerprint density at radius 3 is 2.85 bits per heavy atom. The van der Waals surface area contributed by atoms with Gasteiger partial charge in [0.1, 0.15) is 0 Å². The molecule has 1 aliphatic carbocycles. The van der Waals surface area contributed by atoms with Crippen molar-refractivity contribution < 1.29 is 4.79 Å². The largest absolute Gasteiger partial charge is 0.354 e. The molecule has 1 saturated carbocycles. The van der Waals surface area contributed by atoms with Crippen molar-refractivity contribution in [3.8, 4) is 12.3 Å². The Labute approximate surface area is 79.1 Å². The second-order valence-electron chi connectivity index (χ2n) is 4.04. The van der Waals surface area contributed by atoms with E-state index in [4.69, 9.17) is 12.2 Å². The van der Waals surface area contributed by atoms with Crippen LogP contribution in [-0.2, 0) is 4.79 Å². The lowest BCUT2D eigenvalue weighted by Gasteiger charge is -2.12. The molecule has 1 aliphatic rings. The third kappa shape index (κ3) is 3.08. The van der Waals surface area contributed by atoms with E-state index in [2.05, 4.69) is 18.2 Å². The minimum atomic E-state index is -0.549. The van der Waals surface area contributed by atoms with Gasteiger partial charge in [0.2, 0.25) is 5.91 Å². The Hall–Kier alpha value is -1.01. The van der Waals surface area contributed by atoms with Crippen molar-refractivity contribution in [2.75, 3.05) is 6.54 Å². The van der Waals surface area contributed by atoms with Gasteiger partial charge < -0.3 is 11.1 Å². The van der Waals surface area contributed by atoms with Crippen molar-refractivity contribution >= 4 is 5.91 Å². The number of rotatable bonds is 4. The summed E-state index contributed by atoms with van der Waals surface area (Å²) in [6, 6.07) is -0.549. The third-order valence-corrected chi connectivity index (χ3v) is 2.47. The molecule has 0 aromatic rings. The van der Waals surface area contributed by atoms with E-state index in [0.29, 0.717) is 11.8 Å². The average Bonchev–Trinajstić information content (AvgIpc) is 2.81. The van der Waals surface area contributed by atoms with Gasteiger partial charge in [0.05, 0.1) is 6.04 Å². The molecule has 0 aromatic heterocycles. The summed E-state index contributed by atoms with van der Waals surface area (Å²) < 4.78 is 0. The SMILES string of the molecule is C#CCC(N)C(=O)NCC1(C)CC1. The van der Waals surface area contributed by atoms with Crippen LogP contribution in [0.3, 0.4) is 0 Å². The molecule has 1 rings (SSSR count). The molecule has 0 spiro atoms. The highest BCUT2D eigenvalue weighted by molar-refractivity contribution is 5.81. The maximum atomic E-state index is 11.3. The molecule has 1 amide bonds. The maximum Gasteiger partial charge on any atom is 0.237 e. The number of hydrogen-bond acceptors (Lipinski definition) is 2. The standard InChI is InChI=1S/C10H16N2O/c1-3-4-8(11)9(13)12-7-10(2)5-6-10/h1,8H,4-7,11H2,2H3,(H,12,13). The van der Waals surface area contributed by atoms with Crippen LogP contribution in [-0.4, -0.2) is 18.5 Å². The molecule has 1 fully saturated rings. The summed E-state index contributed by atoms with van der Waals surface area (Å²) in [5, 5.41) is 2.81. The van der Waals surface area contributed by atoms with Gasteiger partial charge in [0.15, 0.2) is 0 Å². The van der Waals surface area contributed by atoms with E-state index in [1.807, 2.05) is 0 Å². The number of nitrogens with one attached hydrogen (secondary N) is 1. The fourth-order valence-corrected chi connectivity index (χ4v) is 1.04. The molecule has 0 aliphatic heterocycles. The predicted molar refractivity (Wildman–Crippen MR) is 51.8 cm³/mol. The fourth-order valence-electron chi connectivity index (χ4n) is 1.04. The minimum absolute atomic E-state index is 0.133. The van der Waals surface area contributed by atoms with Crippen LogP contribution in [0.25, 0.3) is 0 Å². The van der Waals surface area contributed by atoms with Crippen molar-refractivity contribution in [1.29, 1.82) is 0 Å². The second-order valence-corrected chi connectivity index (χ2v) is 4.04. The van der Waals surface area contributed by atoms with E-state index in [9.17, 15) is 4.79 Å². The topological polar surface area (TPSA) is 55.1 Å². The summed E-state index contributed by atoms with van der Waals surface area (Å²) in [5.74, 6) is 2.24. The predicted octanol–water partition coefficient (Wildman–Crippen LogP) is 0.253. The van der Waals surface area contributed by atoms with Crippen LogP contribution in [0.5, 0.6) is 0 Å². The molecule has 0 radical (unpaired) electrons. The van der Waals surface area contributed by atoms with Crippen molar-refractivity contribution in [1.82, 2.24) is 5.32 Å². The first-order chi connectivity index (χ1) is 6.07. The zero-order chi connectivity index (χ0) is 9.90. The lowest BCUT2D eigenvalue weighted by molar-refractivity contribution is -0.122. The number of carbonyl (C=O) groups is 1. The van der Waals surface area contributed by atoms with E-state index >= 15 is 0 Å². The van der Waals surface area contributed by atoms with Crippen LogP contribution in [0.2, 0.25) is 0 Å². The molecule has 3 N–H and O–H groups in total. The highest BCUT2D eigenvalue weighted by Gasteiger charge is 2.37. The molecule has 3 heteroatoms. The number of carbonyl (C=O) groups excluding carboxylic acids is 1. The van der Waals surface area contributed by atoms with E-state index < -0.39 is 6.04 Å². The molecule has 3 nitrogen and oxygen atoms in total. The van der Waals surface area contributed by atoms with Gasteiger partial charge in [-0.2, -0.15) is 0 Å². The summed E-state index contributed by atoms with van der Waals surface area (Å²) in [4.78, 5) is 11.3. The Kier molecular flexibility index (Phi) is 2.94. The Bertz CT molecular complexity index is 238. The zero-order valence-electron chi connectivity index (χ0n) is 7.97. The molecule has 0 bridgehead atoms. The average molecular weight is 180 g/mol. The van der Waals surface area contributed by atoms with Gasteiger partial charge in [-0.05, 0) is 18.3 Å². The van der Waals surface area contributed by atoms with Crippen molar-refractivity contribution in [3.05, 3.63) is 0 Å². The summed E-state index contributed by atoms with van der Waals surface area (Å²) in [6.07, 6.45) is 7.74. The zero-order valence-corrected chi connectivity index (χ0v) is 7.97. The molecule has 0 aromatic carbocycles. The van der Waals surface area contributed by atoms with Gasteiger partial charge >= 0.3 is 0 Å². The van der Waals surface area contributed by atoms with Gasteiger partial charge in [-0.3, -0.25) is 4.79 Å². The van der Waals surface area contributed by atoms with Crippen LogP contribution < -0.4 is 11.1 Å². The number of amides is 1. The Morgan fingerprint density at radius 2 is 2.38 bits per heavy atom. The van der Waals surface area contributed by atoms with Crippen LogP contribution in [0.4, 0.5) is 0 Å². The molecular formula is C10H16N2O. The van der Waals surface area contributed by atoms with Crippen molar-refractivity contribution in [3.63, 3.8) is 0 Å². The first-order valence-corrected chi connectivity index (χ1v) is 4.54. The Balaban J connectivity index is 2.21. The maximum absolute atomic E-state index is 11.3. The van der Waals surface area contributed by atoms with Crippen LogP contribution >= 0.6 is 0 Å². The number of nitrogens with two attached hydrogens (primary N) is 1.